The number of carbonyl (C=O) groups is 1. The smallest absolute Gasteiger partial charge is 0.246 e. The van der Waals surface area contributed by atoms with Gasteiger partial charge in [0.1, 0.15) is 6.61 Å². The maximum Gasteiger partial charge on any atom is 0.246 e. The van der Waals surface area contributed by atoms with Gasteiger partial charge in [-0.05, 0) is 6.92 Å². The molecular weight excluding hydrogens is 174 g/mol. The SMILES string of the molecule is COCCOCC(=O)NC[C@@H](C)O. The van der Waals surface area contributed by atoms with Gasteiger partial charge in [0.2, 0.25) is 5.91 Å². The van der Waals surface area contributed by atoms with Crippen molar-refractivity contribution in [3.8, 4) is 0 Å². The van der Waals surface area contributed by atoms with Crippen LogP contribution in [-0.2, 0) is 14.3 Å². The molecule has 0 bridgehead atoms. The average molecular weight is 191 g/mol. The second-order valence-corrected chi connectivity index (χ2v) is 2.70. The van der Waals surface area contributed by atoms with Crippen molar-refractivity contribution in [1.82, 2.24) is 5.32 Å². The topological polar surface area (TPSA) is 67.8 Å². The summed E-state index contributed by atoms with van der Waals surface area (Å²) >= 11 is 0. The third-order valence-electron chi connectivity index (χ3n) is 1.26. The maximum absolute atomic E-state index is 10.9. The summed E-state index contributed by atoms with van der Waals surface area (Å²) in [5.41, 5.74) is 0. The molecule has 1 atom stereocenters. The van der Waals surface area contributed by atoms with Gasteiger partial charge in [0.05, 0.1) is 19.3 Å². The van der Waals surface area contributed by atoms with Gasteiger partial charge in [0, 0.05) is 13.7 Å². The van der Waals surface area contributed by atoms with Gasteiger partial charge in [0.25, 0.3) is 0 Å². The lowest BCUT2D eigenvalue weighted by Gasteiger charge is -2.07. The van der Waals surface area contributed by atoms with Crippen LogP contribution < -0.4 is 5.32 Å². The summed E-state index contributed by atoms with van der Waals surface area (Å²) < 4.78 is 9.67. The second kappa shape index (κ2) is 7.97. The maximum atomic E-state index is 10.9. The van der Waals surface area contributed by atoms with Crippen molar-refractivity contribution in [1.29, 1.82) is 0 Å². The van der Waals surface area contributed by atoms with Crippen LogP contribution in [-0.4, -0.2) is 50.6 Å². The number of amides is 1. The van der Waals surface area contributed by atoms with E-state index in [0.29, 0.717) is 13.2 Å². The van der Waals surface area contributed by atoms with Crippen LogP contribution in [0.5, 0.6) is 0 Å². The molecule has 13 heavy (non-hydrogen) atoms. The molecule has 0 rings (SSSR count). The lowest BCUT2D eigenvalue weighted by molar-refractivity contribution is -0.126. The number of rotatable bonds is 7. The van der Waals surface area contributed by atoms with Gasteiger partial charge in [-0.15, -0.1) is 0 Å². The number of carbonyl (C=O) groups excluding carboxylic acids is 1. The Morgan fingerprint density at radius 1 is 1.54 bits per heavy atom. The predicted octanol–water partition coefficient (Wildman–Crippen LogP) is -0.854. The Morgan fingerprint density at radius 3 is 2.77 bits per heavy atom. The van der Waals surface area contributed by atoms with E-state index in [1.807, 2.05) is 0 Å². The van der Waals surface area contributed by atoms with E-state index < -0.39 is 6.10 Å². The van der Waals surface area contributed by atoms with E-state index in [4.69, 9.17) is 14.6 Å². The summed E-state index contributed by atoms with van der Waals surface area (Å²) in [5, 5.41) is 11.3. The van der Waals surface area contributed by atoms with Crippen molar-refractivity contribution in [2.45, 2.75) is 13.0 Å². The Labute approximate surface area is 78.0 Å². The van der Waals surface area contributed by atoms with Crippen LogP contribution >= 0.6 is 0 Å². The molecule has 0 radical (unpaired) electrons. The van der Waals surface area contributed by atoms with Crippen LogP contribution in [0.25, 0.3) is 0 Å². The summed E-state index contributed by atoms with van der Waals surface area (Å²) in [5.74, 6) is -0.225. The molecule has 0 aromatic rings. The van der Waals surface area contributed by atoms with E-state index in [9.17, 15) is 4.79 Å². The van der Waals surface area contributed by atoms with Gasteiger partial charge in [-0.1, -0.05) is 0 Å². The van der Waals surface area contributed by atoms with Gasteiger partial charge < -0.3 is 19.9 Å². The third kappa shape index (κ3) is 9.26. The molecule has 78 valence electrons. The van der Waals surface area contributed by atoms with E-state index in [1.54, 1.807) is 14.0 Å². The van der Waals surface area contributed by atoms with Crippen molar-refractivity contribution < 1.29 is 19.4 Å². The van der Waals surface area contributed by atoms with Crippen LogP contribution in [0.2, 0.25) is 0 Å². The van der Waals surface area contributed by atoms with Crippen LogP contribution in [0.15, 0.2) is 0 Å². The lowest BCUT2D eigenvalue weighted by Crippen LogP contribution is -2.33. The minimum absolute atomic E-state index is 0.01000. The molecule has 0 fully saturated rings. The number of ether oxygens (including phenoxy) is 2. The highest BCUT2D eigenvalue weighted by Gasteiger charge is 2.01. The summed E-state index contributed by atoms with van der Waals surface area (Å²) in [6.45, 7) is 2.75. The molecule has 0 aromatic heterocycles. The fraction of sp³-hybridized carbons (Fsp3) is 0.875. The monoisotopic (exact) mass is 191 g/mol. The molecule has 0 aliphatic rings. The van der Waals surface area contributed by atoms with Crippen molar-refractivity contribution in [3.63, 3.8) is 0 Å². The standard InChI is InChI=1S/C8H17NO4/c1-7(10)5-9-8(11)6-13-4-3-12-2/h7,10H,3-6H2,1-2H3,(H,9,11)/t7-/m1/s1. The number of nitrogens with one attached hydrogen (secondary N) is 1. The van der Waals surface area contributed by atoms with Crippen LogP contribution in [0.3, 0.4) is 0 Å². The van der Waals surface area contributed by atoms with Crippen LogP contribution in [0, 0.1) is 0 Å². The van der Waals surface area contributed by atoms with E-state index >= 15 is 0 Å². The van der Waals surface area contributed by atoms with Crippen molar-refractivity contribution in [2.24, 2.45) is 0 Å². The zero-order valence-corrected chi connectivity index (χ0v) is 8.08. The van der Waals surface area contributed by atoms with Crippen molar-refractivity contribution >= 4 is 5.91 Å². The molecule has 5 nitrogen and oxygen atoms in total. The highest BCUT2D eigenvalue weighted by molar-refractivity contribution is 5.77. The number of aliphatic hydroxyl groups excluding tert-OH is 1. The largest absolute Gasteiger partial charge is 0.392 e. The minimum atomic E-state index is -0.525. The van der Waals surface area contributed by atoms with Crippen molar-refractivity contribution in [3.05, 3.63) is 0 Å². The van der Waals surface area contributed by atoms with Crippen LogP contribution in [0.4, 0.5) is 0 Å². The van der Waals surface area contributed by atoms with E-state index in [2.05, 4.69) is 5.32 Å². The van der Waals surface area contributed by atoms with Gasteiger partial charge in [0.15, 0.2) is 0 Å². The fourth-order valence-corrected chi connectivity index (χ4v) is 0.620. The summed E-state index contributed by atoms with van der Waals surface area (Å²) in [7, 11) is 1.57. The molecule has 0 saturated carbocycles. The number of aliphatic hydroxyl groups is 1. The molecule has 0 saturated heterocycles. The Hall–Kier alpha value is -0.650. The molecule has 0 heterocycles. The van der Waals surface area contributed by atoms with Gasteiger partial charge >= 0.3 is 0 Å². The molecule has 0 aliphatic heterocycles. The Morgan fingerprint density at radius 2 is 2.23 bits per heavy atom. The summed E-state index contributed by atoms with van der Waals surface area (Å²) in [6, 6.07) is 0. The molecule has 1 amide bonds. The number of hydrogen-bond acceptors (Lipinski definition) is 4. The number of hydrogen-bond donors (Lipinski definition) is 2. The first-order valence-corrected chi connectivity index (χ1v) is 4.18. The number of methoxy groups -OCH3 is 1. The Balaban J connectivity index is 3.20. The fourth-order valence-electron chi connectivity index (χ4n) is 0.620. The quantitative estimate of drug-likeness (QED) is 0.514. The highest BCUT2D eigenvalue weighted by Crippen LogP contribution is 1.79. The van der Waals surface area contributed by atoms with Gasteiger partial charge in [-0.2, -0.15) is 0 Å². The normalized spacial score (nSPS) is 12.5. The first kappa shape index (κ1) is 12.3. The minimum Gasteiger partial charge on any atom is -0.392 e. The molecule has 0 spiro atoms. The molecule has 0 aromatic carbocycles. The van der Waals surface area contributed by atoms with Crippen molar-refractivity contribution in [2.75, 3.05) is 33.5 Å². The van der Waals surface area contributed by atoms with E-state index in [1.165, 1.54) is 0 Å². The first-order valence-electron chi connectivity index (χ1n) is 4.18. The zero-order valence-electron chi connectivity index (χ0n) is 8.08. The third-order valence-corrected chi connectivity index (χ3v) is 1.26. The average Bonchev–Trinajstić information content (AvgIpc) is 2.09. The van der Waals surface area contributed by atoms with Crippen LogP contribution in [0.1, 0.15) is 6.92 Å². The Kier molecular flexibility index (Phi) is 7.57. The molecule has 2 N–H and O–H groups in total. The van der Waals surface area contributed by atoms with E-state index in [-0.39, 0.29) is 19.1 Å². The second-order valence-electron chi connectivity index (χ2n) is 2.70. The van der Waals surface area contributed by atoms with Gasteiger partial charge in [-0.3, -0.25) is 4.79 Å². The summed E-state index contributed by atoms with van der Waals surface area (Å²) in [4.78, 5) is 10.9. The molecular formula is C8H17NO4. The Bertz CT molecular complexity index is 138. The van der Waals surface area contributed by atoms with E-state index in [0.717, 1.165) is 0 Å². The van der Waals surface area contributed by atoms with Gasteiger partial charge in [-0.25, -0.2) is 0 Å². The molecule has 0 aliphatic carbocycles. The predicted molar refractivity (Wildman–Crippen MR) is 47.4 cm³/mol. The first-order chi connectivity index (χ1) is 6.16. The molecule has 5 heteroatoms. The highest BCUT2D eigenvalue weighted by atomic mass is 16.5. The lowest BCUT2D eigenvalue weighted by atomic mass is 10.4. The summed E-state index contributed by atoms with van der Waals surface area (Å²) in [6.07, 6.45) is -0.525. The zero-order chi connectivity index (χ0) is 10.1. The molecule has 0 unspecified atom stereocenters.